The van der Waals surface area contributed by atoms with Crippen LogP contribution in [0.15, 0.2) is 42.7 Å². The number of hydrogen-bond acceptors (Lipinski definition) is 6. The van der Waals surface area contributed by atoms with E-state index in [0.29, 0.717) is 21.4 Å². The lowest BCUT2D eigenvalue weighted by Crippen LogP contribution is -2.17. The molecule has 4 N–H and O–H groups in total. The highest BCUT2D eigenvalue weighted by molar-refractivity contribution is 7.20. The second-order valence-electron chi connectivity index (χ2n) is 5.88. The number of amides is 2. The van der Waals surface area contributed by atoms with Crippen molar-refractivity contribution in [1.29, 1.82) is 0 Å². The number of nitrogens with two attached hydrogens (primary N) is 1. The van der Waals surface area contributed by atoms with Crippen LogP contribution in [0.3, 0.4) is 0 Å². The Morgan fingerprint density at radius 1 is 1.26 bits per heavy atom. The summed E-state index contributed by atoms with van der Waals surface area (Å²) in [5.41, 5.74) is 8.89. The van der Waals surface area contributed by atoms with E-state index in [9.17, 15) is 9.59 Å². The van der Waals surface area contributed by atoms with Crippen LogP contribution in [0.5, 0.6) is 0 Å². The van der Waals surface area contributed by atoms with Crippen molar-refractivity contribution in [2.45, 2.75) is 20.3 Å². The van der Waals surface area contributed by atoms with Gasteiger partial charge in [-0.3, -0.25) is 14.6 Å². The third-order valence-corrected chi connectivity index (χ3v) is 4.88. The molecule has 0 aliphatic carbocycles. The minimum Gasteiger partial charge on any atom is -0.364 e. The van der Waals surface area contributed by atoms with E-state index in [1.807, 2.05) is 32.0 Å². The van der Waals surface area contributed by atoms with E-state index in [1.54, 1.807) is 24.5 Å². The zero-order chi connectivity index (χ0) is 19.4. The number of nitrogens with zero attached hydrogens (tertiary/aromatic N) is 2. The highest BCUT2D eigenvalue weighted by Gasteiger charge is 2.19. The molecule has 27 heavy (non-hydrogen) atoms. The molecule has 138 valence electrons. The minimum absolute atomic E-state index is 0.0163. The van der Waals surface area contributed by atoms with Crippen LogP contribution in [-0.4, -0.2) is 21.8 Å². The van der Waals surface area contributed by atoms with Crippen molar-refractivity contribution >= 4 is 39.0 Å². The van der Waals surface area contributed by atoms with Gasteiger partial charge in [-0.25, -0.2) is 4.98 Å². The van der Waals surface area contributed by atoms with E-state index in [0.717, 1.165) is 28.9 Å². The molecule has 0 fully saturated rings. The standard InChI is InChI=1S/C19H19N5O2S/c1-3-12-9-13(7-6-11(12)2)17(26)24-18-15(16(20)25)23-19(27-18)22-14-5-4-8-21-10-14/h4-10H,3H2,1-2H3,(H2,20,25)(H,22,23)(H,24,26). The van der Waals surface area contributed by atoms with Crippen molar-refractivity contribution in [3.63, 3.8) is 0 Å². The highest BCUT2D eigenvalue weighted by atomic mass is 32.1. The summed E-state index contributed by atoms with van der Waals surface area (Å²) in [5.74, 6) is -1.03. The Morgan fingerprint density at radius 2 is 2.07 bits per heavy atom. The van der Waals surface area contributed by atoms with Crippen LogP contribution in [0.1, 0.15) is 38.9 Å². The number of pyridine rings is 1. The number of aryl methyl sites for hydroxylation is 2. The number of carbonyl (C=O) groups excluding carboxylic acids is 2. The number of aromatic nitrogens is 2. The molecule has 0 unspecified atom stereocenters. The normalized spacial score (nSPS) is 10.4. The molecule has 0 atom stereocenters. The third kappa shape index (κ3) is 4.29. The van der Waals surface area contributed by atoms with Gasteiger partial charge < -0.3 is 16.4 Å². The predicted octanol–water partition coefficient (Wildman–Crippen LogP) is 3.50. The zero-order valence-corrected chi connectivity index (χ0v) is 15.8. The topological polar surface area (TPSA) is 110 Å². The van der Waals surface area contributed by atoms with Gasteiger partial charge in [0, 0.05) is 11.8 Å². The summed E-state index contributed by atoms with van der Waals surface area (Å²) < 4.78 is 0. The van der Waals surface area contributed by atoms with Crippen LogP contribution in [0.2, 0.25) is 0 Å². The summed E-state index contributed by atoms with van der Waals surface area (Å²) in [6.45, 7) is 4.04. The molecule has 2 aromatic heterocycles. The van der Waals surface area contributed by atoms with Gasteiger partial charge in [-0.1, -0.05) is 24.3 Å². The van der Waals surface area contributed by atoms with Gasteiger partial charge in [0.25, 0.3) is 11.8 Å². The molecule has 1 aromatic carbocycles. The number of hydrogen-bond donors (Lipinski definition) is 3. The third-order valence-electron chi connectivity index (χ3n) is 3.99. The van der Waals surface area contributed by atoms with E-state index in [2.05, 4.69) is 20.6 Å². The number of nitrogens with one attached hydrogen (secondary N) is 2. The molecule has 3 aromatic rings. The van der Waals surface area contributed by atoms with Gasteiger partial charge in [-0.15, -0.1) is 0 Å². The molecule has 2 amide bonds. The lowest BCUT2D eigenvalue weighted by atomic mass is 10.0. The van der Waals surface area contributed by atoms with E-state index in [4.69, 9.17) is 5.73 Å². The molecule has 0 bridgehead atoms. The van der Waals surface area contributed by atoms with E-state index in [1.165, 1.54) is 0 Å². The Balaban J connectivity index is 1.85. The van der Waals surface area contributed by atoms with Gasteiger partial charge in [-0.05, 0) is 48.7 Å². The molecule has 0 aliphatic rings. The van der Waals surface area contributed by atoms with Crippen molar-refractivity contribution in [3.05, 3.63) is 65.1 Å². The van der Waals surface area contributed by atoms with Crippen LogP contribution in [0.25, 0.3) is 0 Å². The lowest BCUT2D eigenvalue weighted by Gasteiger charge is -2.07. The van der Waals surface area contributed by atoms with Gasteiger partial charge in [-0.2, -0.15) is 0 Å². The lowest BCUT2D eigenvalue weighted by molar-refractivity contribution is 0.0997. The monoisotopic (exact) mass is 381 g/mol. The Kier molecular flexibility index (Phi) is 5.46. The van der Waals surface area contributed by atoms with Gasteiger partial charge in [0.05, 0.1) is 11.9 Å². The van der Waals surface area contributed by atoms with Crippen molar-refractivity contribution < 1.29 is 9.59 Å². The number of rotatable bonds is 6. The number of carbonyl (C=O) groups is 2. The highest BCUT2D eigenvalue weighted by Crippen LogP contribution is 2.30. The van der Waals surface area contributed by atoms with Crippen LogP contribution in [0.4, 0.5) is 15.8 Å². The smallest absolute Gasteiger partial charge is 0.270 e. The van der Waals surface area contributed by atoms with Crippen molar-refractivity contribution in [2.24, 2.45) is 5.73 Å². The fourth-order valence-corrected chi connectivity index (χ4v) is 3.44. The maximum Gasteiger partial charge on any atom is 0.270 e. The predicted molar refractivity (Wildman–Crippen MR) is 107 cm³/mol. The summed E-state index contributed by atoms with van der Waals surface area (Å²) in [7, 11) is 0. The van der Waals surface area contributed by atoms with Crippen LogP contribution in [-0.2, 0) is 6.42 Å². The summed E-state index contributed by atoms with van der Waals surface area (Å²) in [5, 5.41) is 6.53. The molecule has 0 saturated heterocycles. The fraction of sp³-hybridized carbons (Fsp3) is 0.158. The van der Waals surface area contributed by atoms with Crippen LogP contribution >= 0.6 is 11.3 Å². The molecule has 3 rings (SSSR count). The molecule has 0 aliphatic heterocycles. The SMILES string of the molecule is CCc1cc(C(=O)Nc2sc(Nc3cccnc3)nc2C(N)=O)ccc1C. The summed E-state index contributed by atoms with van der Waals surface area (Å²) in [6, 6.07) is 9.10. The number of primary amides is 1. The summed E-state index contributed by atoms with van der Waals surface area (Å²) in [6.07, 6.45) is 4.11. The van der Waals surface area contributed by atoms with Gasteiger partial charge >= 0.3 is 0 Å². The first-order chi connectivity index (χ1) is 13.0. The quantitative estimate of drug-likeness (QED) is 0.605. The second kappa shape index (κ2) is 7.96. The molecule has 0 saturated carbocycles. The average molecular weight is 381 g/mol. The average Bonchev–Trinajstić information content (AvgIpc) is 3.05. The van der Waals surface area contributed by atoms with Crippen LogP contribution < -0.4 is 16.4 Å². The first kappa shape index (κ1) is 18.5. The van der Waals surface area contributed by atoms with E-state index in [-0.39, 0.29) is 11.6 Å². The first-order valence-corrected chi connectivity index (χ1v) is 9.18. The summed E-state index contributed by atoms with van der Waals surface area (Å²) >= 11 is 1.14. The van der Waals surface area contributed by atoms with Gasteiger partial charge in [0.1, 0.15) is 5.00 Å². The Hall–Kier alpha value is -3.26. The van der Waals surface area contributed by atoms with E-state index < -0.39 is 5.91 Å². The molecule has 7 nitrogen and oxygen atoms in total. The minimum atomic E-state index is -0.709. The summed E-state index contributed by atoms with van der Waals surface area (Å²) in [4.78, 5) is 32.5. The Bertz CT molecular complexity index is 985. The number of thiazole rings is 1. The first-order valence-electron chi connectivity index (χ1n) is 8.36. The molecule has 0 radical (unpaired) electrons. The molecule has 0 spiro atoms. The van der Waals surface area contributed by atoms with Crippen molar-refractivity contribution in [3.8, 4) is 0 Å². The molecular weight excluding hydrogens is 362 g/mol. The fourth-order valence-electron chi connectivity index (χ4n) is 2.55. The molecule has 2 heterocycles. The van der Waals surface area contributed by atoms with Crippen molar-refractivity contribution in [1.82, 2.24) is 9.97 Å². The maximum atomic E-state index is 12.6. The van der Waals surface area contributed by atoms with Crippen molar-refractivity contribution in [2.75, 3.05) is 10.6 Å². The molecular formula is C19H19N5O2S. The Morgan fingerprint density at radius 3 is 2.74 bits per heavy atom. The largest absolute Gasteiger partial charge is 0.364 e. The maximum absolute atomic E-state index is 12.6. The van der Waals surface area contributed by atoms with E-state index >= 15 is 0 Å². The number of benzene rings is 1. The van der Waals surface area contributed by atoms with Gasteiger partial charge in [0.2, 0.25) is 0 Å². The molecule has 8 heteroatoms. The second-order valence-corrected chi connectivity index (χ2v) is 6.88. The van der Waals surface area contributed by atoms with Crippen LogP contribution in [0, 0.1) is 6.92 Å². The Labute approximate surface area is 160 Å². The number of anilines is 3. The van der Waals surface area contributed by atoms with Gasteiger partial charge in [0.15, 0.2) is 10.8 Å². The zero-order valence-electron chi connectivity index (χ0n) is 14.9.